The molecular formula is C12H16ClN3. The molecule has 2 heterocycles. The molecule has 0 amide bonds. The number of nitrogens with one attached hydrogen (secondary N) is 1. The molecule has 0 unspecified atom stereocenters. The lowest BCUT2D eigenvalue weighted by atomic mass is 10.1. The second kappa shape index (κ2) is 4.06. The van der Waals surface area contributed by atoms with Gasteiger partial charge in [-0.3, -0.25) is 10.1 Å². The summed E-state index contributed by atoms with van der Waals surface area (Å²) in [7, 11) is 0. The van der Waals surface area contributed by atoms with Gasteiger partial charge in [0.2, 0.25) is 0 Å². The number of hydrogen-bond acceptors (Lipinski definition) is 2. The topological polar surface area (TPSA) is 41.6 Å². The molecule has 0 aliphatic rings. The fourth-order valence-corrected chi connectivity index (χ4v) is 2.24. The van der Waals surface area contributed by atoms with E-state index < -0.39 is 0 Å². The molecule has 0 atom stereocenters. The zero-order chi connectivity index (χ0) is 11.9. The van der Waals surface area contributed by atoms with Gasteiger partial charge >= 0.3 is 0 Å². The first-order valence-corrected chi connectivity index (χ1v) is 5.92. The van der Waals surface area contributed by atoms with Crippen LogP contribution < -0.4 is 0 Å². The van der Waals surface area contributed by atoms with Crippen LogP contribution in [0.5, 0.6) is 0 Å². The van der Waals surface area contributed by atoms with Crippen molar-refractivity contribution < 1.29 is 0 Å². The van der Waals surface area contributed by atoms with Crippen LogP contribution in [0.25, 0.3) is 10.9 Å². The Hall–Kier alpha value is -1.09. The number of rotatable bonds is 2. The van der Waals surface area contributed by atoms with Crippen molar-refractivity contribution in [2.45, 2.75) is 39.5 Å². The van der Waals surface area contributed by atoms with Gasteiger partial charge in [0.05, 0.1) is 21.9 Å². The van der Waals surface area contributed by atoms with Gasteiger partial charge in [-0.1, -0.05) is 39.3 Å². The van der Waals surface area contributed by atoms with Gasteiger partial charge in [-0.15, -0.1) is 0 Å². The Morgan fingerprint density at radius 1 is 1.12 bits per heavy atom. The SMILES string of the molecule is CC(C)c1ncc2c(C(C)C)n[nH]c2c1Cl. The van der Waals surface area contributed by atoms with Crippen LogP contribution in [0.15, 0.2) is 6.20 Å². The number of aromatic nitrogens is 3. The third-order valence-corrected chi connectivity index (χ3v) is 3.09. The van der Waals surface area contributed by atoms with Crippen molar-refractivity contribution >= 4 is 22.5 Å². The van der Waals surface area contributed by atoms with Gasteiger partial charge in [0, 0.05) is 11.6 Å². The van der Waals surface area contributed by atoms with Gasteiger partial charge < -0.3 is 0 Å². The summed E-state index contributed by atoms with van der Waals surface area (Å²) in [6.45, 7) is 8.39. The second-order valence-corrected chi connectivity index (χ2v) is 5.04. The fourth-order valence-electron chi connectivity index (χ4n) is 1.82. The first-order chi connectivity index (χ1) is 7.52. The molecule has 0 aromatic carbocycles. The molecule has 1 N–H and O–H groups in total. The standard InChI is InChI=1S/C12H16ClN3/c1-6(2)10-8-5-14-11(7(3)4)9(13)12(8)16-15-10/h5-7H,1-4H3,(H,15,16). The minimum absolute atomic E-state index is 0.322. The van der Waals surface area contributed by atoms with Crippen LogP contribution >= 0.6 is 11.6 Å². The average molecular weight is 238 g/mol. The number of nitrogens with zero attached hydrogens (tertiary/aromatic N) is 2. The molecule has 2 aromatic rings. The van der Waals surface area contributed by atoms with Gasteiger partial charge in [0.1, 0.15) is 0 Å². The summed E-state index contributed by atoms with van der Waals surface area (Å²) in [4.78, 5) is 4.43. The molecule has 0 saturated heterocycles. The normalized spacial score (nSPS) is 11.9. The predicted octanol–water partition coefficient (Wildman–Crippen LogP) is 3.86. The summed E-state index contributed by atoms with van der Waals surface area (Å²) in [5.41, 5.74) is 2.86. The summed E-state index contributed by atoms with van der Waals surface area (Å²) in [5.74, 6) is 0.694. The van der Waals surface area contributed by atoms with Crippen LogP contribution in [-0.4, -0.2) is 15.2 Å². The van der Waals surface area contributed by atoms with Gasteiger partial charge in [0.25, 0.3) is 0 Å². The number of H-pyrrole nitrogens is 1. The van der Waals surface area contributed by atoms with Gasteiger partial charge in [-0.2, -0.15) is 5.10 Å². The minimum Gasteiger partial charge on any atom is -0.276 e. The molecule has 0 aliphatic carbocycles. The molecule has 0 spiro atoms. The summed E-state index contributed by atoms with van der Waals surface area (Å²) < 4.78 is 0. The Balaban J connectivity index is 2.69. The molecule has 2 rings (SSSR count). The Kier molecular flexibility index (Phi) is 2.89. The average Bonchev–Trinajstić information content (AvgIpc) is 2.61. The number of fused-ring (bicyclic) bond motifs is 1. The highest BCUT2D eigenvalue weighted by Crippen LogP contribution is 2.31. The highest BCUT2D eigenvalue weighted by atomic mass is 35.5. The lowest BCUT2D eigenvalue weighted by Gasteiger charge is -2.07. The summed E-state index contributed by atoms with van der Waals surface area (Å²) >= 11 is 6.32. The van der Waals surface area contributed by atoms with E-state index in [1.165, 1.54) is 0 Å². The summed E-state index contributed by atoms with van der Waals surface area (Å²) in [6, 6.07) is 0. The number of aromatic amines is 1. The van der Waals surface area contributed by atoms with Crippen molar-refractivity contribution in [1.29, 1.82) is 0 Å². The zero-order valence-corrected chi connectivity index (χ0v) is 10.8. The molecule has 3 nitrogen and oxygen atoms in total. The van der Waals surface area contributed by atoms with E-state index in [0.29, 0.717) is 16.9 Å². The largest absolute Gasteiger partial charge is 0.276 e. The Labute approximate surface area is 100 Å². The molecule has 0 radical (unpaired) electrons. The van der Waals surface area contributed by atoms with Crippen LogP contribution in [0.1, 0.15) is 50.9 Å². The summed E-state index contributed by atoms with van der Waals surface area (Å²) in [6.07, 6.45) is 1.87. The smallest absolute Gasteiger partial charge is 0.0881 e. The molecular weight excluding hydrogens is 222 g/mol. The highest BCUT2D eigenvalue weighted by molar-refractivity contribution is 6.35. The third-order valence-electron chi connectivity index (χ3n) is 2.70. The lowest BCUT2D eigenvalue weighted by Crippen LogP contribution is -1.94. The highest BCUT2D eigenvalue weighted by Gasteiger charge is 2.16. The lowest BCUT2D eigenvalue weighted by molar-refractivity contribution is 0.817. The molecule has 0 saturated carbocycles. The van der Waals surface area contributed by atoms with Gasteiger partial charge in [-0.05, 0) is 11.8 Å². The van der Waals surface area contributed by atoms with E-state index >= 15 is 0 Å². The van der Waals surface area contributed by atoms with E-state index in [-0.39, 0.29) is 0 Å². The van der Waals surface area contributed by atoms with Crippen molar-refractivity contribution in [3.63, 3.8) is 0 Å². The van der Waals surface area contributed by atoms with Crippen LogP contribution in [0.3, 0.4) is 0 Å². The fraction of sp³-hybridized carbons (Fsp3) is 0.500. The van der Waals surface area contributed by atoms with Crippen molar-refractivity contribution in [3.05, 3.63) is 22.6 Å². The van der Waals surface area contributed by atoms with E-state index in [1.54, 1.807) is 0 Å². The van der Waals surface area contributed by atoms with E-state index in [1.807, 2.05) is 6.20 Å². The number of pyridine rings is 1. The van der Waals surface area contributed by atoms with Crippen LogP contribution in [0.2, 0.25) is 5.02 Å². The minimum atomic E-state index is 0.322. The van der Waals surface area contributed by atoms with Crippen LogP contribution in [0, 0.1) is 0 Å². The van der Waals surface area contributed by atoms with E-state index in [9.17, 15) is 0 Å². The van der Waals surface area contributed by atoms with Gasteiger partial charge in [-0.25, -0.2) is 0 Å². The van der Waals surface area contributed by atoms with E-state index in [2.05, 4.69) is 42.9 Å². The maximum absolute atomic E-state index is 6.32. The third kappa shape index (κ3) is 1.69. The van der Waals surface area contributed by atoms with Crippen molar-refractivity contribution in [3.8, 4) is 0 Å². The quantitative estimate of drug-likeness (QED) is 0.862. The molecule has 16 heavy (non-hydrogen) atoms. The Bertz CT molecular complexity index is 514. The Morgan fingerprint density at radius 3 is 2.31 bits per heavy atom. The monoisotopic (exact) mass is 237 g/mol. The van der Waals surface area contributed by atoms with Crippen molar-refractivity contribution in [2.24, 2.45) is 0 Å². The molecule has 0 aliphatic heterocycles. The molecule has 86 valence electrons. The number of hydrogen-bond donors (Lipinski definition) is 1. The molecule has 2 aromatic heterocycles. The maximum atomic E-state index is 6.32. The zero-order valence-electron chi connectivity index (χ0n) is 10.0. The molecule has 0 fully saturated rings. The van der Waals surface area contributed by atoms with Crippen LogP contribution in [-0.2, 0) is 0 Å². The van der Waals surface area contributed by atoms with E-state index in [4.69, 9.17) is 11.6 Å². The van der Waals surface area contributed by atoms with E-state index in [0.717, 1.165) is 22.3 Å². The number of halogens is 1. The first-order valence-electron chi connectivity index (χ1n) is 5.54. The summed E-state index contributed by atoms with van der Waals surface area (Å²) in [5, 5.41) is 9.05. The van der Waals surface area contributed by atoms with Gasteiger partial charge in [0.15, 0.2) is 0 Å². The maximum Gasteiger partial charge on any atom is 0.0881 e. The molecule has 4 heteroatoms. The Morgan fingerprint density at radius 2 is 1.75 bits per heavy atom. The van der Waals surface area contributed by atoms with Crippen molar-refractivity contribution in [2.75, 3.05) is 0 Å². The van der Waals surface area contributed by atoms with Crippen molar-refractivity contribution in [1.82, 2.24) is 15.2 Å². The first kappa shape index (κ1) is 11.4. The van der Waals surface area contributed by atoms with Crippen LogP contribution in [0.4, 0.5) is 0 Å². The predicted molar refractivity (Wildman–Crippen MR) is 67.1 cm³/mol. The second-order valence-electron chi connectivity index (χ2n) is 4.66. The molecule has 0 bridgehead atoms.